The second-order valence-corrected chi connectivity index (χ2v) is 4.66. The van der Waals surface area contributed by atoms with E-state index < -0.39 is 0 Å². The van der Waals surface area contributed by atoms with Gasteiger partial charge in [0.15, 0.2) is 0 Å². The molecule has 1 aromatic heterocycles. The van der Waals surface area contributed by atoms with Gasteiger partial charge in [0, 0.05) is 22.4 Å². The van der Waals surface area contributed by atoms with Crippen LogP contribution in [0, 0.1) is 0 Å². The van der Waals surface area contributed by atoms with Gasteiger partial charge in [-0.25, -0.2) is 0 Å². The third-order valence-electron chi connectivity index (χ3n) is 1.66. The van der Waals surface area contributed by atoms with E-state index in [1.165, 1.54) is 11.0 Å². The minimum atomic E-state index is 0.457. The summed E-state index contributed by atoms with van der Waals surface area (Å²) in [5, 5.41) is 2.87. The molecule has 1 rings (SSSR count). The Labute approximate surface area is 104 Å². The van der Waals surface area contributed by atoms with Gasteiger partial charge in [0.05, 0.1) is 10.1 Å². The Bertz CT molecular complexity index is 404. The zero-order valence-electron chi connectivity index (χ0n) is 8.04. The van der Waals surface area contributed by atoms with Crippen LogP contribution in [0.5, 0.6) is 0 Å². The first-order valence-corrected chi connectivity index (χ1v) is 5.94. The lowest BCUT2D eigenvalue weighted by Gasteiger charge is -1.91. The normalized spacial score (nSPS) is 12.9. The molecule has 0 aliphatic rings. The van der Waals surface area contributed by atoms with Crippen molar-refractivity contribution in [2.75, 3.05) is 5.73 Å². The van der Waals surface area contributed by atoms with Gasteiger partial charge in [-0.3, -0.25) is 0 Å². The fraction of sp³-hybridized carbons (Fsp3) is 0.0909. The van der Waals surface area contributed by atoms with E-state index in [4.69, 9.17) is 28.9 Å². The monoisotopic (exact) mass is 259 g/mol. The highest BCUT2D eigenvalue weighted by Gasteiger charge is 1.95. The van der Waals surface area contributed by atoms with E-state index in [9.17, 15) is 0 Å². The van der Waals surface area contributed by atoms with Gasteiger partial charge < -0.3 is 5.73 Å². The topological polar surface area (TPSA) is 26.0 Å². The first-order chi connectivity index (χ1) is 7.13. The molecule has 15 heavy (non-hydrogen) atoms. The zero-order chi connectivity index (χ0) is 11.3. The van der Waals surface area contributed by atoms with E-state index in [0.717, 1.165) is 12.1 Å². The number of hydrogen-bond acceptors (Lipinski definition) is 2. The second-order valence-electron chi connectivity index (χ2n) is 2.85. The van der Waals surface area contributed by atoms with Crippen LogP contribution in [0.4, 0.5) is 5.69 Å². The molecule has 0 saturated carbocycles. The molecule has 2 N–H and O–H groups in total. The smallest absolute Gasteiger partial charge is 0.0589 e. The van der Waals surface area contributed by atoms with Crippen LogP contribution in [0.3, 0.4) is 0 Å². The third-order valence-corrected chi connectivity index (χ3v) is 3.43. The first-order valence-electron chi connectivity index (χ1n) is 4.30. The summed E-state index contributed by atoms with van der Waals surface area (Å²) >= 11 is 13.3. The summed E-state index contributed by atoms with van der Waals surface area (Å²) in [6, 6.07) is 1.95. The van der Waals surface area contributed by atoms with Crippen LogP contribution in [0.1, 0.15) is 4.88 Å². The van der Waals surface area contributed by atoms with E-state index >= 15 is 0 Å². The molecule has 0 aliphatic carbocycles. The highest BCUT2D eigenvalue weighted by atomic mass is 35.5. The summed E-state index contributed by atoms with van der Waals surface area (Å²) in [5.41, 5.74) is 6.40. The Balaban J connectivity index is 2.57. The Hall–Kier alpha value is -0.700. The number of thiophene rings is 1. The maximum Gasteiger partial charge on any atom is 0.0589 e. The predicted molar refractivity (Wildman–Crippen MR) is 70.5 cm³/mol. The highest BCUT2D eigenvalue weighted by molar-refractivity contribution is 7.10. The summed E-state index contributed by atoms with van der Waals surface area (Å²) in [7, 11) is 0. The van der Waals surface area contributed by atoms with Gasteiger partial charge in [-0.15, -0.1) is 11.3 Å². The SMILES string of the molecule is C=C/C(Cl)=C(Cl)\C=C/Cc1cc(N)cs1. The molecule has 0 atom stereocenters. The van der Waals surface area contributed by atoms with Crippen LogP contribution >= 0.6 is 34.5 Å². The van der Waals surface area contributed by atoms with Gasteiger partial charge in [0.2, 0.25) is 0 Å². The van der Waals surface area contributed by atoms with E-state index in [1.54, 1.807) is 17.4 Å². The van der Waals surface area contributed by atoms with E-state index in [-0.39, 0.29) is 0 Å². The molecule has 0 amide bonds. The van der Waals surface area contributed by atoms with Crippen molar-refractivity contribution >= 4 is 40.2 Å². The van der Waals surface area contributed by atoms with Crippen molar-refractivity contribution in [2.45, 2.75) is 6.42 Å². The average Bonchev–Trinajstić information content (AvgIpc) is 2.63. The summed E-state index contributed by atoms with van der Waals surface area (Å²) in [6.07, 6.45) is 6.03. The number of halogens is 2. The van der Waals surface area contributed by atoms with Gasteiger partial charge in [-0.2, -0.15) is 0 Å². The van der Waals surface area contributed by atoms with Gasteiger partial charge >= 0.3 is 0 Å². The molecule has 1 heterocycles. The first kappa shape index (κ1) is 12.4. The van der Waals surface area contributed by atoms with Crippen molar-refractivity contribution in [3.63, 3.8) is 0 Å². The molecule has 1 nitrogen and oxygen atoms in total. The van der Waals surface area contributed by atoms with Crippen LogP contribution < -0.4 is 5.73 Å². The molecule has 80 valence electrons. The molecule has 0 fully saturated rings. The number of anilines is 1. The van der Waals surface area contributed by atoms with Gasteiger partial charge in [0.25, 0.3) is 0 Å². The van der Waals surface area contributed by atoms with Crippen molar-refractivity contribution in [1.82, 2.24) is 0 Å². The molecule has 0 aliphatic heterocycles. The molecule has 0 unspecified atom stereocenters. The molecular formula is C11H11Cl2NS. The van der Waals surface area contributed by atoms with Crippen LogP contribution in [0.15, 0.2) is 46.3 Å². The van der Waals surface area contributed by atoms with Crippen molar-refractivity contribution in [3.8, 4) is 0 Å². The summed E-state index contributed by atoms with van der Waals surface area (Å²) in [5.74, 6) is 0. The van der Waals surface area contributed by atoms with Gasteiger partial charge in [0.1, 0.15) is 0 Å². The number of allylic oxidation sites excluding steroid dienone is 5. The quantitative estimate of drug-likeness (QED) is 0.802. The van der Waals surface area contributed by atoms with Gasteiger partial charge in [-0.05, 0) is 18.2 Å². The third kappa shape index (κ3) is 4.12. The molecule has 0 bridgehead atoms. The Kier molecular flexibility index (Phi) is 4.95. The van der Waals surface area contributed by atoms with E-state index in [2.05, 4.69) is 6.58 Å². The maximum absolute atomic E-state index is 5.87. The molecule has 4 heteroatoms. The van der Waals surface area contributed by atoms with Crippen LogP contribution in [0.25, 0.3) is 0 Å². The number of nitrogens with two attached hydrogens (primary N) is 1. The van der Waals surface area contributed by atoms with Gasteiger partial charge in [-0.1, -0.05) is 35.9 Å². The molecular weight excluding hydrogens is 249 g/mol. The van der Waals surface area contributed by atoms with E-state index in [0.29, 0.717) is 10.1 Å². The van der Waals surface area contributed by atoms with Crippen LogP contribution in [-0.4, -0.2) is 0 Å². The fourth-order valence-electron chi connectivity index (χ4n) is 0.960. The van der Waals surface area contributed by atoms with Crippen molar-refractivity contribution in [2.24, 2.45) is 0 Å². The van der Waals surface area contributed by atoms with Crippen molar-refractivity contribution < 1.29 is 0 Å². The lowest BCUT2D eigenvalue weighted by Crippen LogP contribution is -1.78. The Morgan fingerprint density at radius 2 is 2.20 bits per heavy atom. The molecule has 0 spiro atoms. The minimum Gasteiger partial charge on any atom is -0.398 e. The number of nitrogen functional groups attached to an aromatic ring is 1. The predicted octanol–water partition coefficient (Wildman–Crippen LogP) is 4.30. The standard InChI is InChI=1S/C11H11Cl2NS/c1-2-10(12)11(13)5-3-4-9-6-8(14)7-15-9/h2-3,5-7H,1,4,14H2/b5-3-,11-10-. The fourth-order valence-corrected chi connectivity index (χ4v) is 1.94. The Morgan fingerprint density at radius 3 is 2.73 bits per heavy atom. The minimum absolute atomic E-state index is 0.457. The largest absolute Gasteiger partial charge is 0.398 e. The van der Waals surface area contributed by atoms with E-state index in [1.807, 2.05) is 17.5 Å². The summed E-state index contributed by atoms with van der Waals surface area (Å²) in [6.45, 7) is 3.53. The Morgan fingerprint density at radius 1 is 1.47 bits per heavy atom. The summed E-state index contributed by atoms with van der Waals surface area (Å²) in [4.78, 5) is 1.20. The molecule has 0 radical (unpaired) electrons. The summed E-state index contributed by atoms with van der Waals surface area (Å²) < 4.78 is 0. The highest BCUT2D eigenvalue weighted by Crippen LogP contribution is 2.19. The molecule has 1 aromatic rings. The van der Waals surface area contributed by atoms with Crippen LogP contribution in [-0.2, 0) is 6.42 Å². The second kappa shape index (κ2) is 6.01. The maximum atomic E-state index is 5.87. The van der Waals surface area contributed by atoms with Crippen molar-refractivity contribution in [1.29, 1.82) is 0 Å². The lowest BCUT2D eigenvalue weighted by atomic mass is 10.3. The number of hydrogen-bond donors (Lipinski definition) is 1. The van der Waals surface area contributed by atoms with Crippen LogP contribution in [0.2, 0.25) is 0 Å². The average molecular weight is 260 g/mol. The number of rotatable bonds is 4. The molecule has 0 aromatic carbocycles. The van der Waals surface area contributed by atoms with Crippen molar-refractivity contribution in [3.05, 3.63) is 51.2 Å². The molecule has 0 saturated heterocycles. The zero-order valence-corrected chi connectivity index (χ0v) is 10.4. The lowest BCUT2D eigenvalue weighted by molar-refractivity contribution is 1.34.